The Balaban J connectivity index is 2.04. The fourth-order valence-corrected chi connectivity index (χ4v) is 2.42. The lowest BCUT2D eigenvalue weighted by Crippen LogP contribution is -2.12. The predicted octanol–water partition coefficient (Wildman–Crippen LogP) is 3.27. The van der Waals surface area contributed by atoms with Crippen molar-refractivity contribution in [1.82, 2.24) is 9.97 Å². The first-order valence-corrected chi connectivity index (χ1v) is 6.40. The molecule has 84 valence electrons. The maximum Gasteiger partial charge on any atom is 0.106 e. The summed E-state index contributed by atoms with van der Waals surface area (Å²) in [5.74, 6) is 2.11. The number of imidazole rings is 1. The molecule has 0 saturated carbocycles. The number of nitrogens with zero attached hydrogens (tertiary/aromatic N) is 1. The zero-order valence-electron chi connectivity index (χ0n) is 9.97. The number of rotatable bonds is 4. The second-order valence-corrected chi connectivity index (χ2v) is 4.73. The highest BCUT2D eigenvalue weighted by Crippen LogP contribution is 2.26. The molecule has 1 atom stereocenters. The van der Waals surface area contributed by atoms with Crippen molar-refractivity contribution in [3.8, 4) is 0 Å². The molecule has 2 rings (SSSR count). The highest BCUT2D eigenvalue weighted by molar-refractivity contribution is 5.18. The summed E-state index contributed by atoms with van der Waals surface area (Å²) < 4.78 is 0. The summed E-state index contributed by atoms with van der Waals surface area (Å²) in [5, 5.41) is 0. The fourth-order valence-electron chi connectivity index (χ4n) is 2.42. The molecule has 0 bridgehead atoms. The Morgan fingerprint density at radius 3 is 3.00 bits per heavy atom. The average Bonchev–Trinajstić information content (AvgIpc) is 2.67. The van der Waals surface area contributed by atoms with Gasteiger partial charge in [0, 0.05) is 12.1 Å². The number of aromatic nitrogens is 2. The maximum absolute atomic E-state index is 4.70. The summed E-state index contributed by atoms with van der Waals surface area (Å²) in [6, 6.07) is 0. The van der Waals surface area contributed by atoms with Crippen molar-refractivity contribution in [2.75, 3.05) is 0 Å². The Bertz CT molecular complexity index is 314. The average molecular weight is 206 g/mol. The minimum atomic E-state index is 0.886. The second kappa shape index (κ2) is 4.82. The van der Waals surface area contributed by atoms with E-state index in [4.69, 9.17) is 4.98 Å². The van der Waals surface area contributed by atoms with E-state index in [1.54, 1.807) is 0 Å². The molecule has 0 aromatic carbocycles. The first-order chi connectivity index (χ1) is 7.33. The van der Waals surface area contributed by atoms with Crippen LogP contribution in [0.25, 0.3) is 0 Å². The quantitative estimate of drug-likeness (QED) is 0.804. The third-order valence-electron chi connectivity index (χ3n) is 3.54. The van der Waals surface area contributed by atoms with Gasteiger partial charge in [0.05, 0.1) is 5.69 Å². The minimum absolute atomic E-state index is 0.886. The van der Waals surface area contributed by atoms with Crippen molar-refractivity contribution in [1.29, 1.82) is 0 Å². The van der Waals surface area contributed by atoms with Crippen LogP contribution in [0.5, 0.6) is 0 Å². The van der Waals surface area contributed by atoms with Gasteiger partial charge < -0.3 is 4.98 Å². The number of hydrogen-bond acceptors (Lipinski definition) is 1. The Hall–Kier alpha value is -0.790. The molecule has 1 aliphatic rings. The van der Waals surface area contributed by atoms with Crippen LogP contribution < -0.4 is 0 Å². The third-order valence-corrected chi connectivity index (χ3v) is 3.54. The van der Waals surface area contributed by atoms with Crippen molar-refractivity contribution in [2.24, 2.45) is 5.92 Å². The summed E-state index contributed by atoms with van der Waals surface area (Å²) >= 11 is 0. The first-order valence-electron chi connectivity index (χ1n) is 6.40. The lowest BCUT2D eigenvalue weighted by molar-refractivity contribution is 0.438. The van der Waals surface area contributed by atoms with E-state index in [1.165, 1.54) is 55.7 Å². The van der Waals surface area contributed by atoms with Crippen LogP contribution in [0.15, 0.2) is 0 Å². The van der Waals surface area contributed by atoms with Crippen LogP contribution in [0, 0.1) is 5.92 Å². The minimum Gasteiger partial charge on any atom is -0.346 e. The number of H-pyrrole nitrogens is 1. The van der Waals surface area contributed by atoms with Crippen LogP contribution in [-0.2, 0) is 19.3 Å². The summed E-state index contributed by atoms with van der Waals surface area (Å²) in [6.45, 7) is 4.53. The topological polar surface area (TPSA) is 28.7 Å². The molecular weight excluding hydrogens is 184 g/mol. The third kappa shape index (κ3) is 2.42. The summed E-state index contributed by atoms with van der Waals surface area (Å²) in [7, 11) is 0. The highest BCUT2D eigenvalue weighted by Gasteiger charge is 2.20. The molecule has 15 heavy (non-hydrogen) atoms. The van der Waals surface area contributed by atoms with Crippen molar-refractivity contribution in [3.05, 3.63) is 17.2 Å². The number of unbranched alkanes of at least 4 members (excludes halogenated alkanes) is 1. The Kier molecular flexibility index (Phi) is 3.45. The monoisotopic (exact) mass is 206 g/mol. The lowest BCUT2D eigenvalue weighted by atomic mass is 9.88. The number of nitrogens with one attached hydrogen (secondary N) is 1. The normalized spacial score (nSPS) is 20.3. The summed E-state index contributed by atoms with van der Waals surface area (Å²) in [6.07, 6.45) is 8.69. The van der Waals surface area contributed by atoms with Gasteiger partial charge in [0.15, 0.2) is 0 Å². The van der Waals surface area contributed by atoms with Gasteiger partial charge in [-0.15, -0.1) is 0 Å². The fraction of sp³-hybridized carbons (Fsp3) is 0.769. The van der Waals surface area contributed by atoms with Gasteiger partial charge in [-0.05, 0) is 31.6 Å². The standard InChI is InChI=1S/C13H22N2/c1-3-5-6-13-14-11-8-7-10(4-2)9-12(11)15-13/h10H,3-9H2,1-2H3,(H,14,15). The van der Waals surface area contributed by atoms with Crippen molar-refractivity contribution < 1.29 is 0 Å². The molecule has 1 N–H and O–H groups in total. The van der Waals surface area contributed by atoms with Crippen molar-refractivity contribution in [2.45, 2.75) is 58.8 Å². The van der Waals surface area contributed by atoms with E-state index in [2.05, 4.69) is 18.8 Å². The maximum atomic E-state index is 4.70. The Morgan fingerprint density at radius 1 is 1.40 bits per heavy atom. The molecule has 0 saturated heterocycles. The molecule has 2 heteroatoms. The Labute approximate surface area is 92.5 Å². The number of fused-ring (bicyclic) bond motifs is 1. The second-order valence-electron chi connectivity index (χ2n) is 4.73. The van der Waals surface area contributed by atoms with Crippen LogP contribution in [0.2, 0.25) is 0 Å². The van der Waals surface area contributed by atoms with Gasteiger partial charge in [0.2, 0.25) is 0 Å². The van der Waals surface area contributed by atoms with Gasteiger partial charge in [-0.25, -0.2) is 4.98 Å². The van der Waals surface area contributed by atoms with Gasteiger partial charge in [-0.2, -0.15) is 0 Å². The van der Waals surface area contributed by atoms with E-state index in [-0.39, 0.29) is 0 Å². The van der Waals surface area contributed by atoms with Gasteiger partial charge in [0.1, 0.15) is 5.82 Å². The molecule has 1 aliphatic carbocycles. The summed E-state index contributed by atoms with van der Waals surface area (Å²) in [4.78, 5) is 8.22. The van der Waals surface area contributed by atoms with E-state index < -0.39 is 0 Å². The van der Waals surface area contributed by atoms with E-state index in [9.17, 15) is 0 Å². The molecule has 0 amide bonds. The van der Waals surface area contributed by atoms with E-state index >= 15 is 0 Å². The Morgan fingerprint density at radius 2 is 2.27 bits per heavy atom. The van der Waals surface area contributed by atoms with Gasteiger partial charge in [-0.1, -0.05) is 26.7 Å². The molecule has 1 unspecified atom stereocenters. The van der Waals surface area contributed by atoms with Crippen molar-refractivity contribution in [3.63, 3.8) is 0 Å². The molecule has 0 aliphatic heterocycles. The smallest absolute Gasteiger partial charge is 0.106 e. The van der Waals surface area contributed by atoms with Crippen LogP contribution in [-0.4, -0.2) is 9.97 Å². The van der Waals surface area contributed by atoms with Gasteiger partial charge >= 0.3 is 0 Å². The lowest BCUT2D eigenvalue weighted by Gasteiger charge is -2.19. The molecule has 1 heterocycles. The predicted molar refractivity (Wildman–Crippen MR) is 63.0 cm³/mol. The molecule has 0 fully saturated rings. The van der Waals surface area contributed by atoms with Gasteiger partial charge in [-0.3, -0.25) is 0 Å². The number of aromatic amines is 1. The van der Waals surface area contributed by atoms with Gasteiger partial charge in [0.25, 0.3) is 0 Å². The number of hydrogen-bond donors (Lipinski definition) is 1. The van der Waals surface area contributed by atoms with Crippen LogP contribution in [0.1, 0.15) is 56.7 Å². The molecular formula is C13H22N2. The molecule has 0 spiro atoms. The summed E-state index contributed by atoms with van der Waals surface area (Å²) in [5.41, 5.74) is 2.78. The molecule has 1 aromatic rings. The first kappa shape index (κ1) is 10.7. The zero-order chi connectivity index (χ0) is 10.7. The zero-order valence-corrected chi connectivity index (χ0v) is 9.97. The van der Waals surface area contributed by atoms with Crippen LogP contribution in [0.4, 0.5) is 0 Å². The van der Waals surface area contributed by atoms with E-state index in [0.717, 1.165) is 12.3 Å². The van der Waals surface area contributed by atoms with Crippen molar-refractivity contribution >= 4 is 0 Å². The van der Waals surface area contributed by atoms with Crippen LogP contribution in [0.3, 0.4) is 0 Å². The van der Waals surface area contributed by atoms with E-state index in [1.807, 2.05) is 0 Å². The largest absolute Gasteiger partial charge is 0.346 e. The number of aryl methyl sites for hydroxylation is 2. The van der Waals surface area contributed by atoms with E-state index in [0.29, 0.717) is 0 Å². The molecule has 0 radical (unpaired) electrons. The molecule has 1 aromatic heterocycles. The molecule has 2 nitrogen and oxygen atoms in total. The SMILES string of the molecule is CCCCc1nc2c([nH]1)CC(CC)CC2. The van der Waals surface area contributed by atoms with Crippen LogP contribution >= 0.6 is 0 Å². The highest BCUT2D eigenvalue weighted by atomic mass is 14.9.